The molecule has 1 rings (SSSR count). The Balaban J connectivity index is 2.42. The standard InChI is InChI=1S/C26H42O5S/c1-4-5-6-13-16-24(31-32(28,29)25-21-19-23(2)20-22-25)17-14-11-9-7-8-10-12-15-18-26(27)30-3/h11,14,19-22,24H,4-10,12-13,15-18H2,1-3H3/b14-11+. The van der Waals surface area contributed by atoms with Crippen LogP contribution in [0.5, 0.6) is 0 Å². The Labute approximate surface area is 195 Å². The van der Waals surface area contributed by atoms with Crippen LogP contribution in [0.3, 0.4) is 0 Å². The van der Waals surface area contributed by atoms with Crippen molar-refractivity contribution >= 4 is 16.1 Å². The second kappa shape index (κ2) is 16.9. The molecule has 1 aromatic carbocycles. The summed E-state index contributed by atoms with van der Waals surface area (Å²) >= 11 is 0. The Kier molecular flexibility index (Phi) is 15.0. The number of rotatable bonds is 18. The zero-order valence-electron chi connectivity index (χ0n) is 20.2. The van der Waals surface area contributed by atoms with E-state index in [1.165, 1.54) is 7.11 Å². The summed E-state index contributed by atoms with van der Waals surface area (Å²) in [5, 5.41) is 0. The Morgan fingerprint density at radius 1 is 0.938 bits per heavy atom. The van der Waals surface area contributed by atoms with E-state index in [1.807, 2.05) is 6.92 Å². The third kappa shape index (κ3) is 13.0. The summed E-state index contributed by atoms with van der Waals surface area (Å²) in [5.41, 5.74) is 1.02. The predicted molar refractivity (Wildman–Crippen MR) is 130 cm³/mol. The number of hydrogen-bond donors (Lipinski definition) is 0. The Hall–Kier alpha value is -1.66. The minimum atomic E-state index is -3.75. The lowest BCUT2D eigenvalue weighted by atomic mass is 10.1. The normalized spacial score (nSPS) is 12.8. The predicted octanol–water partition coefficient (Wildman–Crippen LogP) is 6.89. The second-order valence-corrected chi connectivity index (χ2v) is 10.00. The molecule has 0 bridgehead atoms. The van der Waals surface area contributed by atoms with Crippen molar-refractivity contribution in [3.63, 3.8) is 0 Å². The number of carbonyl (C=O) groups excluding carboxylic acids is 1. The van der Waals surface area contributed by atoms with Crippen LogP contribution >= 0.6 is 0 Å². The fourth-order valence-electron chi connectivity index (χ4n) is 3.47. The van der Waals surface area contributed by atoms with Gasteiger partial charge in [-0.05, 0) is 51.2 Å². The number of ether oxygens (including phenoxy) is 1. The van der Waals surface area contributed by atoms with Crippen molar-refractivity contribution in [3.8, 4) is 0 Å². The summed E-state index contributed by atoms with van der Waals surface area (Å²) in [6.45, 7) is 4.10. The molecule has 0 radical (unpaired) electrons. The van der Waals surface area contributed by atoms with Crippen LogP contribution in [0, 0.1) is 6.92 Å². The van der Waals surface area contributed by atoms with Crippen molar-refractivity contribution in [2.75, 3.05) is 7.11 Å². The van der Waals surface area contributed by atoms with Gasteiger partial charge in [-0.1, -0.05) is 81.7 Å². The van der Waals surface area contributed by atoms with Crippen LogP contribution in [-0.4, -0.2) is 27.6 Å². The molecule has 0 amide bonds. The first-order chi connectivity index (χ1) is 15.4. The van der Waals surface area contributed by atoms with E-state index in [0.29, 0.717) is 12.8 Å². The number of carbonyl (C=O) groups is 1. The van der Waals surface area contributed by atoms with E-state index in [4.69, 9.17) is 4.18 Å². The van der Waals surface area contributed by atoms with Gasteiger partial charge in [0.05, 0.1) is 18.1 Å². The molecule has 0 saturated carbocycles. The van der Waals surface area contributed by atoms with Crippen LogP contribution in [0.15, 0.2) is 41.3 Å². The van der Waals surface area contributed by atoms with Crippen molar-refractivity contribution < 1.29 is 22.1 Å². The smallest absolute Gasteiger partial charge is 0.305 e. The summed E-state index contributed by atoms with van der Waals surface area (Å²) in [6, 6.07) is 6.81. The van der Waals surface area contributed by atoms with Crippen LogP contribution in [0.2, 0.25) is 0 Å². The number of aryl methyl sites for hydroxylation is 1. The van der Waals surface area contributed by atoms with E-state index in [0.717, 1.165) is 76.2 Å². The van der Waals surface area contributed by atoms with Crippen LogP contribution in [0.4, 0.5) is 0 Å². The molecule has 0 N–H and O–H groups in total. The fourth-order valence-corrected chi connectivity index (χ4v) is 4.59. The maximum atomic E-state index is 12.7. The molecule has 1 unspecified atom stereocenters. The molecular weight excluding hydrogens is 424 g/mol. The van der Waals surface area contributed by atoms with E-state index in [2.05, 4.69) is 23.8 Å². The third-order valence-corrected chi connectivity index (χ3v) is 6.87. The Morgan fingerprint density at radius 3 is 2.28 bits per heavy atom. The van der Waals surface area contributed by atoms with Crippen molar-refractivity contribution in [3.05, 3.63) is 42.0 Å². The molecule has 1 atom stereocenters. The zero-order valence-corrected chi connectivity index (χ0v) is 21.0. The average molecular weight is 467 g/mol. The van der Waals surface area contributed by atoms with Gasteiger partial charge in [0.25, 0.3) is 10.1 Å². The summed E-state index contributed by atoms with van der Waals surface area (Å²) in [6.07, 6.45) is 16.3. The minimum Gasteiger partial charge on any atom is -0.469 e. The monoisotopic (exact) mass is 466 g/mol. The molecule has 5 nitrogen and oxygen atoms in total. The van der Waals surface area contributed by atoms with Gasteiger partial charge in [-0.25, -0.2) is 0 Å². The minimum absolute atomic E-state index is 0.135. The number of methoxy groups -OCH3 is 1. The first kappa shape index (κ1) is 28.4. The highest BCUT2D eigenvalue weighted by molar-refractivity contribution is 7.86. The van der Waals surface area contributed by atoms with Gasteiger partial charge >= 0.3 is 5.97 Å². The number of hydrogen-bond acceptors (Lipinski definition) is 5. The van der Waals surface area contributed by atoms with Gasteiger partial charge in [-0.3, -0.25) is 8.98 Å². The van der Waals surface area contributed by atoms with E-state index in [-0.39, 0.29) is 17.0 Å². The third-order valence-electron chi connectivity index (χ3n) is 5.50. The Bertz CT molecular complexity index is 753. The SMILES string of the molecule is CCCCCCC(C/C=C/CCCCCCCC(=O)OC)OS(=O)(=O)c1ccc(C)cc1. The lowest BCUT2D eigenvalue weighted by Crippen LogP contribution is -2.18. The van der Waals surface area contributed by atoms with E-state index < -0.39 is 10.1 Å². The van der Waals surface area contributed by atoms with E-state index in [1.54, 1.807) is 24.3 Å². The van der Waals surface area contributed by atoms with Gasteiger partial charge in [-0.15, -0.1) is 0 Å². The van der Waals surface area contributed by atoms with Crippen LogP contribution in [0.1, 0.15) is 96.0 Å². The number of unbranched alkanes of at least 4 members (excludes halogenated alkanes) is 8. The second-order valence-electron chi connectivity index (χ2n) is 8.42. The molecule has 0 aliphatic heterocycles. The maximum absolute atomic E-state index is 12.7. The molecule has 0 heterocycles. The van der Waals surface area contributed by atoms with Crippen molar-refractivity contribution in [2.45, 2.75) is 108 Å². The summed E-state index contributed by atoms with van der Waals surface area (Å²) in [4.78, 5) is 11.3. The maximum Gasteiger partial charge on any atom is 0.305 e. The molecule has 0 spiro atoms. The zero-order chi connectivity index (χ0) is 23.7. The molecule has 1 aromatic rings. The first-order valence-corrected chi connectivity index (χ1v) is 13.5. The van der Waals surface area contributed by atoms with Crippen molar-refractivity contribution in [1.82, 2.24) is 0 Å². The van der Waals surface area contributed by atoms with Gasteiger partial charge in [-0.2, -0.15) is 8.42 Å². The average Bonchev–Trinajstić information content (AvgIpc) is 2.77. The molecule has 32 heavy (non-hydrogen) atoms. The van der Waals surface area contributed by atoms with Gasteiger partial charge < -0.3 is 4.74 Å². The molecule has 0 aliphatic carbocycles. The number of esters is 1. The fraction of sp³-hybridized carbons (Fsp3) is 0.654. The van der Waals surface area contributed by atoms with Gasteiger partial charge in [0.1, 0.15) is 0 Å². The van der Waals surface area contributed by atoms with E-state index in [9.17, 15) is 13.2 Å². The lowest BCUT2D eigenvalue weighted by molar-refractivity contribution is -0.140. The van der Waals surface area contributed by atoms with Gasteiger partial charge in [0.15, 0.2) is 0 Å². The quantitative estimate of drug-likeness (QED) is 0.102. The van der Waals surface area contributed by atoms with Crippen molar-refractivity contribution in [1.29, 1.82) is 0 Å². The summed E-state index contributed by atoms with van der Waals surface area (Å²) in [7, 11) is -2.33. The summed E-state index contributed by atoms with van der Waals surface area (Å²) < 4.78 is 35.6. The van der Waals surface area contributed by atoms with Crippen LogP contribution < -0.4 is 0 Å². The van der Waals surface area contributed by atoms with E-state index >= 15 is 0 Å². The molecule has 0 aliphatic rings. The first-order valence-electron chi connectivity index (χ1n) is 12.1. The van der Waals surface area contributed by atoms with Gasteiger partial charge in [0.2, 0.25) is 0 Å². The highest BCUT2D eigenvalue weighted by Gasteiger charge is 2.21. The number of allylic oxidation sites excluding steroid dienone is 1. The molecule has 182 valence electrons. The summed E-state index contributed by atoms with van der Waals surface area (Å²) in [5.74, 6) is -0.135. The lowest BCUT2D eigenvalue weighted by Gasteiger charge is -2.16. The van der Waals surface area contributed by atoms with Crippen LogP contribution in [0.25, 0.3) is 0 Å². The highest BCUT2D eigenvalue weighted by atomic mass is 32.2. The molecule has 0 saturated heterocycles. The highest BCUT2D eigenvalue weighted by Crippen LogP contribution is 2.20. The van der Waals surface area contributed by atoms with Gasteiger partial charge in [0, 0.05) is 6.42 Å². The topological polar surface area (TPSA) is 69.7 Å². The molecule has 6 heteroatoms. The molecule has 0 fully saturated rings. The molecule has 0 aromatic heterocycles. The number of benzene rings is 1. The van der Waals surface area contributed by atoms with Crippen molar-refractivity contribution in [2.24, 2.45) is 0 Å². The molecular formula is C26H42O5S. The largest absolute Gasteiger partial charge is 0.469 e. The van der Waals surface area contributed by atoms with Crippen LogP contribution in [-0.2, 0) is 23.8 Å². The Morgan fingerprint density at radius 2 is 1.59 bits per heavy atom.